The number of thioether (sulfide) groups is 1. The number of hydrogen-bond acceptors (Lipinski definition) is 3. The van der Waals surface area contributed by atoms with Crippen molar-refractivity contribution < 1.29 is 0 Å². The van der Waals surface area contributed by atoms with Crippen molar-refractivity contribution in [3.05, 3.63) is 28.1 Å². The van der Waals surface area contributed by atoms with E-state index in [1.54, 1.807) is 11.3 Å². The molecule has 0 amide bonds. The molecular weight excluding hydrogens is 236 g/mol. The average Bonchev–Trinajstić information content (AvgIpc) is 2.52. The molecule has 1 aromatic heterocycles. The third kappa shape index (κ3) is 2.04. The third-order valence-electron chi connectivity index (χ3n) is 2.84. The van der Waals surface area contributed by atoms with Crippen LogP contribution in [0.25, 0.3) is 10.2 Å². The van der Waals surface area contributed by atoms with Crippen LogP contribution in [0, 0.1) is 19.3 Å². The van der Waals surface area contributed by atoms with Gasteiger partial charge in [0.05, 0.1) is 10.2 Å². The topological polar surface area (TPSA) is 28.8 Å². The summed E-state index contributed by atoms with van der Waals surface area (Å²) in [4.78, 5) is 0.661. The number of aryl methyl sites for hydroxylation is 3. The Morgan fingerprint density at radius 1 is 1.31 bits per heavy atom. The van der Waals surface area contributed by atoms with Crippen LogP contribution in [0.4, 0.5) is 0 Å². The van der Waals surface area contributed by atoms with Crippen LogP contribution in [0.1, 0.15) is 11.1 Å². The van der Waals surface area contributed by atoms with Crippen molar-refractivity contribution in [2.45, 2.75) is 20.4 Å². The van der Waals surface area contributed by atoms with Gasteiger partial charge in [0.2, 0.25) is 0 Å². The second-order valence-electron chi connectivity index (χ2n) is 3.96. The van der Waals surface area contributed by atoms with Crippen LogP contribution in [-0.4, -0.2) is 16.6 Å². The monoisotopic (exact) mass is 252 g/mol. The van der Waals surface area contributed by atoms with Crippen molar-refractivity contribution in [2.75, 3.05) is 12.0 Å². The highest BCUT2D eigenvalue weighted by Gasteiger charge is 2.06. The second-order valence-corrected chi connectivity index (χ2v) is 5.97. The Morgan fingerprint density at radius 3 is 2.69 bits per heavy atom. The molecule has 2 aromatic rings. The summed E-state index contributed by atoms with van der Waals surface area (Å²) in [5, 5.41) is 7.99. The Morgan fingerprint density at radius 2 is 2.00 bits per heavy atom. The largest absolute Gasteiger partial charge is 0.316 e. The van der Waals surface area contributed by atoms with Crippen LogP contribution >= 0.6 is 23.1 Å². The van der Waals surface area contributed by atoms with E-state index in [1.807, 2.05) is 11.8 Å². The van der Waals surface area contributed by atoms with E-state index >= 15 is 0 Å². The van der Waals surface area contributed by atoms with Crippen LogP contribution in [0.2, 0.25) is 0 Å². The number of thiazole rings is 1. The van der Waals surface area contributed by atoms with Crippen LogP contribution in [-0.2, 0) is 6.54 Å². The molecule has 0 saturated carbocycles. The highest BCUT2D eigenvalue weighted by atomic mass is 32.2. The number of benzene rings is 1. The molecular formula is C12H16N2S2. The summed E-state index contributed by atoms with van der Waals surface area (Å²) in [5.74, 6) is 1.06. The lowest BCUT2D eigenvalue weighted by atomic mass is 10.1. The Balaban J connectivity index is 2.60. The van der Waals surface area contributed by atoms with E-state index < -0.39 is 0 Å². The minimum Gasteiger partial charge on any atom is -0.316 e. The maximum Gasteiger partial charge on any atom is 0.182 e. The lowest BCUT2D eigenvalue weighted by Crippen LogP contribution is -2.14. The van der Waals surface area contributed by atoms with Crippen molar-refractivity contribution in [1.29, 1.82) is 5.41 Å². The van der Waals surface area contributed by atoms with Crippen LogP contribution in [0.15, 0.2) is 12.1 Å². The van der Waals surface area contributed by atoms with Crippen LogP contribution in [0.5, 0.6) is 0 Å². The quantitative estimate of drug-likeness (QED) is 0.893. The van der Waals surface area contributed by atoms with Gasteiger partial charge in [0.1, 0.15) is 0 Å². The molecule has 0 aliphatic heterocycles. The molecule has 0 saturated heterocycles. The van der Waals surface area contributed by atoms with Crippen molar-refractivity contribution in [1.82, 2.24) is 4.57 Å². The number of fused-ring (bicyclic) bond motifs is 1. The maximum absolute atomic E-state index is 7.99. The summed E-state index contributed by atoms with van der Waals surface area (Å²) in [7, 11) is 0. The molecule has 0 spiro atoms. The van der Waals surface area contributed by atoms with E-state index in [1.165, 1.54) is 21.3 Å². The molecule has 16 heavy (non-hydrogen) atoms. The van der Waals surface area contributed by atoms with E-state index in [2.05, 4.69) is 36.8 Å². The highest BCUT2D eigenvalue weighted by Crippen LogP contribution is 2.21. The molecule has 1 aromatic carbocycles. The van der Waals surface area contributed by atoms with E-state index in [4.69, 9.17) is 5.41 Å². The first-order valence-corrected chi connectivity index (χ1v) is 7.48. The van der Waals surface area contributed by atoms with E-state index in [9.17, 15) is 0 Å². The molecule has 0 aliphatic carbocycles. The van der Waals surface area contributed by atoms with Gasteiger partial charge in [0, 0.05) is 12.3 Å². The number of nitrogens with zero attached hydrogens (tertiary/aromatic N) is 1. The predicted molar refractivity (Wildman–Crippen MR) is 73.5 cm³/mol. The smallest absolute Gasteiger partial charge is 0.182 e. The summed E-state index contributed by atoms with van der Waals surface area (Å²) in [5.41, 5.74) is 3.83. The zero-order chi connectivity index (χ0) is 11.7. The first kappa shape index (κ1) is 11.7. The lowest BCUT2D eigenvalue weighted by molar-refractivity contribution is 0.764. The minimum absolute atomic E-state index is 0.661. The highest BCUT2D eigenvalue weighted by molar-refractivity contribution is 7.98. The van der Waals surface area contributed by atoms with Crippen LogP contribution < -0.4 is 4.80 Å². The Kier molecular flexibility index (Phi) is 3.40. The first-order chi connectivity index (χ1) is 7.63. The summed E-state index contributed by atoms with van der Waals surface area (Å²) in [6.07, 6.45) is 2.11. The molecule has 0 unspecified atom stereocenters. The zero-order valence-corrected chi connectivity index (χ0v) is 11.5. The third-order valence-corrected chi connectivity index (χ3v) is 4.39. The van der Waals surface area contributed by atoms with Gasteiger partial charge >= 0.3 is 0 Å². The standard InChI is InChI=1S/C12H16N2S2/c1-8-6-10-11(7-9(8)2)16-12(13)14(10)4-5-15-3/h6-7,13H,4-5H2,1-3H3. The molecule has 0 radical (unpaired) electrons. The minimum atomic E-state index is 0.661. The lowest BCUT2D eigenvalue weighted by Gasteiger charge is -2.05. The predicted octanol–water partition coefficient (Wildman–Crippen LogP) is 3.16. The molecule has 2 rings (SSSR count). The Hall–Kier alpha value is -0.740. The SMILES string of the molecule is CSCCn1c(=N)sc2cc(C)c(C)cc21. The van der Waals surface area contributed by atoms with Gasteiger partial charge in [-0.15, -0.1) is 0 Å². The van der Waals surface area contributed by atoms with Gasteiger partial charge in [-0.2, -0.15) is 11.8 Å². The molecule has 0 bridgehead atoms. The molecule has 0 aliphatic rings. The molecule has 2 nitrogen and oxygen atoms in total. The summed E-state index contributed by atoms with van der Waals surface area (Å²) >= 11 is 3.40. The Labute approximate surface area is 104 Å². The number of rotatable bonds is 3. The molecule has 0 fully saturated rings. The average molecular weight is 252 g/mol. The maximum atomic E-state index is 7.99. The summed E-state index contributed by atoms with van der Waals surface area (Å²) in [6, 6.07) is 4.41. The summed E-state index contributed by atoms with van der Waals surface area (Å²) < 4.78 is 3.34. The fraction of sp³-hybridized carbons (Fsp3) is 0.417. The van der Waals surface area contributed by atoms with E-state index in [0.29, 0.717) is 4.80 Å². The fourth-order valence-corrected chi connectivity index (χ4v) is 3.12. The number of hydrogen-bond donors (Lipinski definition) is 1. The van der Waals surface area contributed by atoms with Crippen molar-refractivity contribution in [2.24, 2.45) is 0 Å². The van der Waals surface area contributed by atoms with Crippen molar-refractivity contribution in [3.8, 4) is 0 Å². The normalized spacial score (nSPS) is 11.2. The molecule has 0 atom stereocenters. The Bertz CT molecular complexity index is 566. The molecule has 86 valence electrons. The van der Waals surface area contributed by atoms with Gasteiger partial charge in [-0.05, 0) is 43.4 Å². The van der Waals surface area contributed by atoms with Gasteiger partial charge in [0.25, 0.3) is 0 Å². The van der Waals surface area contributed by atoms with Gasteiger partial charge < -0.3 is 4.57 Å². The van der Waals surface area contributed by atoms with E-state index in [0.717, 1.165) is 12.3 Å². The number of nitrogens with one attached hydrogen (secondary N) is 1. The van der Waals surface area contributed by atoms with Gasteiger partial charge in [0.15, 0.2) is 4.80 Å². The molecule has 1 N–H and O–H groups in total. The molecule has 4 heteroatoms. The van der Waals surface area contributed by atoms with Crippen molar-refractivity contribution in [3.63, 3.8) is 0 Å². The zero-order valence-electron chi connectivity index (χ0n) is 9.83. The van der Waals surface area contributed by atoms with Gasteiger partial charge in [-0.25, -0.2) is 0 Å². The number of aromatic nitrogens is 1. The fourth-order valence-electron chi connectivity index (χ4n) is 1.74. The first-order valence-electron chi connectivity index (χ1n) is 5.27. The second kappa shape index (κ2) is 4.63. The van der Waals surface area contributed by atoms with Gasteiger partial charge in [-0.1, -0.05) is 11.3 Å². The van der Waals surface area contributed by atoms with Crippen LogP contribution in [0.3, 0.4) is 0 Å². The van der Waals surface area contributed by atoms with E-state index in [-0.39, 0.29) is 0 Å². The summed E-state index contributed by atoms with van der Waals surface area (Å²) in [6.45, 7) is 5.20. The molecule has 1 heterocycles. The van der Waals surface area contributed by atoms with Crippen molar-refractivity contribution >= 4 is 33.3 Å². The van der Waals surface area contributed by atoms with Gasteiger partial charge in [-0.3, -0.25) is 5.41 Å².